The normalized spacial score (nSPS) is 33.0. The number of aliphatic hydroxyl groups excluding tert-OH is 1. The average molecular weight is 739 g/mol. The van der Waals surface area contributed by atoms with Gasteiger partial charge < -0.3 is 35.8 Å². The van der Waals surface area contributed by atoms with E-state index in [0.717, 1.165) is 99.7 Å². The number of ether oxygens (including phenoxy) is 2. The lowest BCUT2D eigenvalue weighted by atomic mass is 9.43. The van der Waals surface area contributed by atoms with Gasteiger partial charge in [-0.25, -0.2) is 0 Å². The molecule has 0 aromatic heterocycles. The lowest BCUT2D eigenvalue weighted by Gasteiger charge is -2.62. The number of hydrogen-bond donors (Lipinski definition) is 5. The molecule has 1 aromatic rings. The second-order valence-corrected chi connectivity index (χ2v) is 19.0. The van der Waals surface area contributed by atoms with Crippen LogP contribution in [-0.4, -0.2) is 70.7 Å². The van der Waals surface area contributed by atoms with Crippen LogP contribution in [0.15, 0.2) is 18.2 Å². The molecule has 4 aliphatic carbocycles. The highest BCUT2D eigenvalue weighted by molar-refractivity contribution is 5.42. The van der Waals surface area contributed by atoms with Crippen LogP contribution < -0.4 is 30.7 Å². The van der Waals surface area contributed by atoms with Gasteiger partial charge in [0.2, 0.25) is 0 Å². The molecule has 4 fully saturated rings. The molecule has 7 heteroatoms. The Labute approximate surface area is 325 Å². The molecule has 0 heterocycles. The molecule has 4 saturated carbocycles. The highest BCUT2D eigenvalue weighted by Gasteiger charge is 2.62. The Balaban J connectivity index is 0.897. The monoisotopic (exact) mass is 739 g/mol. The quantitative estimate of drug-likeness (QED) is 0.0720. The highest BCUT2D eigenvalue weighted by Crippen LogP contribution is 2.68. The van der Waals surface area contributed by atoms with Crippen molar-refractivity contribution in [2.24, 2.45) is 52.3 Å². The largest absolute Gasteiger partial charge is 0.493 e. The van der Waals surface area contributed by atoms with Crippen LogP contribution in [0.1, 0.15) is 136 Å². The molecule has 0 saturated heterocycles. The first kappa shape index (κ1) is 42.8. The molecule has 53 heavy (non-hydrogen) atoms. The van der Waals surface area contributed by atoms with E-state index in [1.165, 1.54) is 89.0 Å². The standard InChI is InChI=1S/C46H82N4O3/c1-33(2)13-10-14-34(3)38-16-17-39-44-40(20-22-46(38,39)5)45(4)21-19-37(30-36(45)31-41(44)51)50-28-12-26-48-24-9-8-23-47-25-11-27-49-32-35-15-18-42(52-6)43(29-35)53-7/h15,18,29,33-34,36-41,44,47-51H,8-14,16-17,19-28,30-32H2,1-7H3/t34-,36-,37+,38-,39?,40?,41-,44?,45+,46-/m1/s1. The maximum absolute atomic E-state index is 11.9. The van der Waals surface area contributed by atoms with Crippen LogP contribution in [-0.2, 0) is 6.54 Å². The summed E-state index contributed by atoms with van der Waals surface area (Å²) in [5, 5.41) is 26.6. The second-order valence-electron chi connectivity index (χ2n) is 19.0. The van der Waals surface area contributed by atoms with Crippen LogP contribution in [0.25, 0.3) is 0 Å². The topological polar surface area (TPSA) is 86.8 Å². The zero-order valence-corrected chi connectivity index (χ0v) is 35.2. The number of methoxy groups -OCH3 is 2. The molecule has 5 N–H and O–H groups in total. The molecule has 304 valence electrons. The van der Waals surface area contributed by atoms with Crippen molar-refractivity contribution in [3.8, 4) is 11.5 Å². The Morgan fingerprint density at radius 2 is 1.38 bits per heavy atom. The number of benzene rings is 1. The lowest BCUT2D eigenvalue weighted by molar-refractivity contribution is -0.167. The maximum Gasteiger partial charge on any atom is 0.161 e. The average Bonchev–Trinajstić information content (AvgIpc) is 3.50. The molecule has 7 nitrogen and oxygen atoms in total. The third kappa shape index (κ3) is 10.9. The number of unbranched alkanes of at least 4 members (excludes halogenated alkanes) is 1. The van der Waals surface area contributed by atoms with E-state index < -0.39 is 0 Å². The number of nitrogens with one attached hydrogen (secondary N) is 4. The van der Waals surface area contributed by atoms with E-state index in [2.05, 4.69) is 62.0 Å². The molecule has 0 bridgehead atoms. The van der Waals surface area contributed by atoms with Crippen LogP contribution in [0.2, 0.25) is 0 Å². The smallest absolute Gasteiger partial charge is 0.161 e. The number of aliphatic hydroxyl groups is 1. The van der Waals surface area contributed by atoms with E-state index in [4.69, 9.17) is 9.47 Å². The number of hydrogen-bond acceptors (Lipinski definition) is 7. The first-order valence-electron chi connectivity index (χ1n) is 22.3. The maximum atomic E-state index is 11.9. The van der Waals surface area contributed by atoms with Crippen LogP contribution in [0.3, 0.4) is 0 Å². The minimum absolute atomic E-state index is 0.0888. The van der Waals surface area contributed by atoms with Gasteiger partial charge in [0.15, 0.2) is 11.5 Å². The van der Waals surface area contributed by atoms with Crippen LogP contribution in [0, 0.1) is 52.3 Å². The van der Waals surface area contributed by atoms with Gasteiger partial charge in [-0.05, 0) is 186 Å². The van der Waals surface area contributed by atoms with Gasteiger partial charge in [0.05, 0.1) is 20.3 Å². The predicted octanol–water partition coefficient (Wildman–Crippen LogP) is 8.58. The van der Waals surface area contributed by atoms with Gasteiger partial charge in [-0.2, -0.15) is 0 Å². The van der Waals surface area contributed by atoms with E-state index in [1.807, 2.05) is 12.1 Å². The van der Waals surface area contributed by atoms with Crippen molar-refractivity contribution in [2.75, 3.05) is 53.5 Å². The van der Waals surface area contributed by atoms with Gasteiger partial charge in [-0.15, -0.1) is 0 Å². The molecule has 0 aliphatic heterocycles. The zero-order chi connectivity index (χ0) is 37.8. The summed E-state index contributed by atoms with van der Waals surface area (Å²) in [5.74, 6) is 6.74. The molecule has 0 spiro atoms. The lowest BCUT2D eigenvalue weighted by Crippen LogP contribution is -2.59. The summed E-state index contributed by atoms with van der Waals surface area (Å²) in [5.41, 5.74) is 2.07. The fourth-order valence-electron chi connectivity index (χ4n) is 12.3. The molecule has 0 amide bonds. The molecule has 3 unspecified atom stereocenters. The summed E-state index contributed by atoms with van der Waals surface area (Å²) in [7, 11) is 3.35. The molecular weight excluding hydrogens is 657 g/mol. The van der Waals surface area contributed by atoms with Gasteiger partial charge >= 0.3 is 0 Å². The summed E-state index contributed by atoms with van der Waals surface area (Å²) in [6, 6.07) is 6.72. The van der Waals surface area contributed by atoms with Crippen molar-refractivity contribution in [2.45, 2.75) is 150 Å². The highest BCUT2D eigenvalue weighted by atomic mass is 16.5. The molecule has 10 atom stereocenters. The van der Waals surface area contributed by atoms with Crippen LogP contribution >= 0.6 is 0 Å². The summed E-state index contributed by atoms with van der Waals surface area (Å²) < 4.78 is 10.7. The van der Waals surface area contributed by atoms with E-state index in [1.54, 1.807) is 14.2 Å². The van der Waals surface area contributed by atoms with Crippen molar-refractivity contribution >= 4 is 0 Å². The third-order valence-corrected chi connectivity index (χ3v) is 15.3. The van der Waals surface area contributed by atoms with Crippen LogP contribution in [0.5, 0.6) is 11.5 Å². The molecular formula is C46H82N4O3. The molecule has 5 rings (SSSR count). The fraction of sp³-hybridized carbons (Fsp3) is 0.870. The van der Waals surface area contributed by atoms with Crippen molar-refractivity contribution in [3.05, 3.63) is 23.8 Å². The Kier molecular flexibility index (Phi) is 16.7. The van der Waals surface area contributed by atoms with Gasteiger partial charge in [-0.3, -0.25) is 0 Å². The first-order chi connectivity index (χ1) is 25.6. The Morgan fingerprint density at radius 1 is 0.717 bits per heavy atom. The van der Waals surface area contributed by atoms with Crippen LogP contribution in [0.4, 0.5) is 0 Å². The van der Waals surface area contributed by atoms with Crippen molar-refractivity contribution < 1.29 is 14.6 Å². The summed E-state index contributed by atoms with van der Waals surface area (Å²) in [4.78, 5) is 0. The number of rotatable bonds is 23. The SMILES string of the molecule is COc1ccc(CNCCCNCCCCNCCCN[C@H]2CC[C@]3(C)C4CC[C@@]5(C)C(CC[C@@H]5[C@H](C)CCCC(C)C)C4[C@H](O)C[C@H]3C2)cc1OC. The Bertz CT molecular complexity index is 1210. The minimum Gasteiger partial charge on any atom is -0.493 e. The van der Waals surface area contributed by atoms with E-state index in [9.17, 15) is 5.11 Å². The summed E-state index contributed by atoms with van der Waals surface area (Å²) in [6.07, 6.45) is 19.3. The van der Waals surface area contributed by atoms with E-state index >= 15 is 0 Å². The van der Waals surface area contributed by atoms with Gasteiger partial charge in [0.1, 0.15) is 0 Å². The van der Waals surface area contributed by atoms with E-state index in [-0.39, 0.29) is 6.10 Å². The van der Waals surface area contributed by atoms with Crippen molar-refractivity contribution in [1.82, 2.24) is 21.3 Å². The Hall–Kier alpha value is -1.38. The van der Waals surface area contributed by atoms with Crippen molar-refractivity contribution in [1.29, 1.82) is 0 Å². The third-order valence-electron chi connectivity index (χ3n) is 15.3. The van der Waals surface area contributed by atoms with Gasteiger partial charge in [0.25, 0.3) is 0 Å². The fourth-order valence-corrected chi connectivity index (χ4v) is 12.3. The van der Waals surface area contributed by atoms with Gasteiger partial charge in [-0.1, -0.05) is 59.9 Å². The first-order valence-corrected chi connectivity index (χ1v) is 22.3. The summed E-state index contributed by atoms with van der Waals surface area (Å²) in [6.45, 7) is 19.9. The van der Waals surface area contributed by atoms with E-state index in [0.29, 0.717) is 28.7 Å². The minimum atomic E-state index is -0.0888. The molecule has 4 aliphatic rings. The van der Waals surface area contributed by atoms with Crippen molar-refractivity contribution in [3.63, 3.8) is 0 Å². The number of fused-ring (bicyclic) bond motifs is 5. The second kappa shape index (κ2) is 20.7. The van der Waals surface area contributed by atoms with Gasteiger partial charge in [0, 0.05) is 12.6 Å². The molecule has 0 radical (unpaired) electrons. The Morgan fingerprint density at radius 3 is 2.09 bits per heavy atom. The predicted molar refractivity (Wildman–Crippen MR) is 222 cm³/mol. The summed E-state index contributed by atoms with van der Waals surface area (Å²) >= 11 is 0. The zero-order valence-electron chi connectivity index (χ0n) is 35.2. The molecule has 1 aromatic carbocycles.